The molecule has 250 valence electrons. The van der Waals surface area contributed by atoms with Gasteiger partial charge in [-0.25, -0.2) is 9.97 Å². The van der Waals surface area contributed by atoms with E-state index in [0.29, 0.717) is 11.5 Å². The maximum Gasteiger partial charge on any atom is 0.236 e. The summed E-state index contributed by atoms with van der Waals surface area (Å²) in [5, 5.41) is 8.30. The Morgan fingerprint density at radius 3 is 2.17 bits per heavy atom. The molecule has 0 amide bonds. The normalized spacial score (nSPS) is 14.4. The maximum atomic E-state index is 6.61. The van der Waals surface area contributed by atoms with Gasteiger partial charge in [0.25, 0.3) is 0 Å². The number of nitrogens with zero attached hydrogens (tertiary/aromatic N) is 3. The van der Waals surface area contributed by atoms with Crippen LogP contribution in [0, 0.1) is 0 Å². The van der Waals surface area contributed by atoms with E-state index >= 15 is 0 Å². The summed E-state index contributed by atoms with van der Waals surface area (Å²) in [6, 6.07) is 57.1. The van der Waals surface area contributed by atoms with E-state index in [2.05, 4.69) is 150 Å². The molecule has 2 aliphatic carbocycles. The lowest BCUT2D eigenvalue weighted by Crippen LogP contribution is -2.12. The number of hydrogen-bond donors (Lipinski definition) is 0. The molecule has 2 aliphatic rings. The lowest BCUT2D eigenvalue weighted by Gasteiger charge is -2.27. The van der Waals surface area contributed by atoms with Crippen LogP contribution in [0.15, 0.2) is 162 Å². The van der Waals surface area contributed by atoms with Gasteiger partial charge in [0.1, 0.15) is 16.8 Å². The first kappa shape index (κ1) is 28.5. The average Bonchev–Trinajstić information content (AvgIpc) is 3.87. The van der Waals surface area contributed by atoms with Crippen molar-refractivity contribution in [2.75, 3.05) is 0 Å². The fraction of sp³-hybridized carbons (Fsp3) is 0.0400. The molecule has 0 fully saturated rings. The molecular formula is C50H29N3O. The second-order valence-electron chi connectivity index (χ2n) is 14.9. The maximum absolute atomic E-state index is 6.61. The topological polar surface area (TPSA) is 43.9 Å². The van der Waals surface area contributed by atoms with Crippen molar-refractivity contribution in [2.24, 2.45) is 0 Å². The third-order valence-corrected chi connectivity index (χ3v) is 12.1. The van der Waals surface area contributed by atoms with Gasteiger partial charge in [-0.05, 0) is 104 Å². The molecular weight excluding hydrogens is 659 g/mol. The first-order chi connectivity index (χ1) is 26.8. The highest BCUT2D eigenvalue weighted by atomic mass is 16.3. The van der Waals surface area contributed by atoms with Gasteiger partial charge < -0.3 is 4.42 Å². The predicted molar refractivity (Wildman–Crippen MR) is 221 cm³/mol. The molecule has 0 saturated carbocycles. The third-order valence-electron chi connectivity index (χ3n) is 12.1. The molecule has 0 N–H and O–H groups in total. The number of fused-ring (bicyclic) bond motifs is 14. The van der Waals surface area contributed by atoms with Crippen LogP contribution in [0.3, 0.4) is 0 Å². The summed E-state index contributed by atoms with van der Waals surface area (Å²) in [6.45, 7) is 0. The molecule has 0 aliphatic heterocycles. The lowest BCUT2D eigenvalue weighted by molar-refractivity contribution is 0.666. The number of aromatic nitrogens is 3. The first-order valence-electron chi connectivity index (χ1n) is 18.7. The van der Waals surface area contributed by atoms with E-state index in [-0.39, 0.29) is 5.92 Å². The monoisotopic (exact) mass is 687 g/mol. The van der Waals surface area contributed by atoms with Crippen LogP contribution in [0.2, 0.25) is 0 Å². The molecule has 0 radical (unpaired) electrons. The molecule has 3 heterocycles. The van der Waals surface area contributed by atoms with Crippen molar-refractivity contribution in [1.29, 1.82) is 0 Å². The van der Waals surface area contributed by atoms with Gasteiger partial charge in [0.2, 0.25) is 5.95 Å². The number of furan rings is 1. The van der Waals surface area contributed by atoms with E-state index in [1.807, 2.05) is 12.1 Å². The summed E-state index contributed by atoms with van der Waals surface area (Å²) in [7, 11) is 0. The van der Waals surface area contributed by atoms with E-state index in [0.717, 1.165) is 50.6 Å². The molecule has 8 aromatic carbocycles. The molecule has 0 bridgehead atoms. The first-order valence-corrected chi connectivity index (χ1v) is 18.7. The second-order valence-corrected chi connectivity index (χ2v) is 14.9. The minimum absolute atomic E-state index is 0.259. The van der Waals surface area contributed by atoms with E-state index in [1.165, 1.54) is 65.9 Å². The molecule has 13 rings (SSSR count). The summed E-state index contributed by atoms with van der Waals surface area (Å²) < 4.78 is 8.94. The molecule has 0 saturated heterocycles. The number of hydrogen-bond acceptors (Lipinski definition) is 3. The summed E-state index contributed by atoms with van der Waals surface area (Å²) in [6.07, 6.45) is 0.975. The highest BCUT2D eigenvalue weighted by molar-refractivity contribution is 6.18. The number of benzene rings is 8. The van der Waals surface area contributed by atoms with E-state index in [4.69, 9.17) is 14.4 Å². The van der Waals surface area contributed by atoms with Gasteiger partial charge in [-0.15, -0.1) is 0 Å². The highest BCUT2D eigenvalue weighted by Crippen LogP contribution is 2.58. The van der Waals surface area contributed by atoms with Gasteiger partial charge in [-0.2, -0.15) is 0 Å². The zero-order valence-corrected chi connectivity index (χ0v) is 29.0. The van der Waals surface area contributed by atoms with Crippen molar-refractivity contribution < 1.29 is 4.42 Å². The fourth-order valence-electron chi connectivity index (χ4n) is 9.73. The summed E-state index contributed by atoms with van der Waals surface area (Å²) in [4.78, 5) is 11.0. The fourth-order valence-corrected chi connectivity index (χ4v) is 9.73. The van der Waals surface area contributed by atoms with Crippen LogP contribution < -0.4 is 0 Å². The third kappa shape index (κ3) is 3.71. The van der Waals surface area contributed by atoms with Gasteiger partial charge in [0, 0.05) is 33.2 Å². The van der Waals surface area contributed by atoms with Crippen LogP contribution in [0.1, 0.15) is 22.6 Å². The van der Waals surface area contributed by atoms with Gasteiger partial charge >= 0.3 is 0 Å². The Morgan fingerprint density at radius 2 is 1.28 bits per heavy atom. The SMILES string of the molecule is c1ccc2c(c1)CC1c3cc4ccccc4cc3-c3cc4c5ccccc5n(-c5nc(-c6ccc7ccccc7c6)c6oc7ccccc7c6n5)c4c-2c31. The van der Waals surface area contributed by atoms with Crippen molar-refractivity contribution >= 4 is 65.4 Å². The molecule has 1 unspecified atom stereocenters. The molecule has 11 aromatic rings. The average molecular weight is 688 g/mol. The van der Waals surface area contributed by atoms with Crippen LogP contribution >= 0.6 is 0 Å². The largest absolute Gasteiger partial charge is 0.452 e. The predicted octanol–water partition coefficient (Wildman–Crippen LogP) is 12.8. The second kappa shape index (κ2) is 10.3. The quantitative estimate of drug-likeness (QED) is 0.182. The van der Waals surface area contributed by atoms with Crippen LogP contribution in [-0.2, 0) is 6.42 Å². The molecule has 0 spiro atoms. The van der Waals surface area contributed by atoms with E-state index in [1.54, 1.807) is 0 Å². The van der Waals surface area contributed by atoms with Crippen molar-refractivity contribution in [1.82, 2.24) is 14.5 Å². The van der Waals surface area contributed by atoms with Gasteiger partial charge in [-0.1, -0.05) is 115 Å². The summed E-state index contributed by atoms with van der Waals surface area (Å²) >= 11 is 0. The number of para-hydroxylation sites is 2. The number of rotatable bonds is 2. The molecule has 1 atom stereocenters. The van der Waals surface area contributed by atoms with Crippen LogP contribution in [0.4, 0.5) is 0 Å². The zero-order valence-electron chi connectivity index (χ0n) is 29.0. The summed E-state index contributed by atoms with van der Waals surface area (Å²) in [5.74, 6) is 0.898. The van der Waals surface area contributed by atoms with Crippen molar-refractivity contribution in [3.63, 3.8) is 0 Å². The minimum atomic E-state index is 0.259. The molecule has 4 nitrogen and oxygen atoms in total. The van der Waals surface area contributed by atoms with Crippen molar-refractivity contribution in [3.8, 4) is 39.5 Å². The molecule has 4 heteroatoms. The van der Waals surface area contributed by atoms with Gasteiger partial charge in [0.15, 0.2) is 5.58 Å². The smallest absolute Gasteiger partial charge is 0.236 e. The lowest BCUT2D eigenvalue weighted by atomic mass is 9.77. The van der Waals surface area contributed by atoms with Gasteiger partial charge in [0.05, 0.1) is 11.0 Å². The van der Waals surface area contributed by atoms with Gasteiger partial charge in [-0.3, -0.25) is 4.57 Å². The van der Waals surface area contributed by atoms with Crippen molar-refractivity contribution in [3.05, 3.63) is 174 Å². The van der Waals surface area contributed by atoms with E-state index in [9.17, 15) is 0 Å². The van der Waals surface area contributed by atoms with Crippen molar-refractivity contribution in [2.45, 2.75) is 12.3 Å². The zero-order chi connectivity index (χ0) is 35.1. The Morgan fingerprint density at radius 1 is 0.556 bits per heavy atom. The Labute approximate surface area is 309 Å². The molecule has 3 aromatic heterocycles. The highest BCUT2D eigenvalue weighted by Gasteiger charge is 2.38. The van der Waals surface area contributed by atoms with Crippen LogP contribution in [-0.4, -0.2) is 14.5 Å². The van der Waals surface area contributed by atoms with E-state index < -0.39 is 0 Å². The minimum Gasteiger partial charge on any atom is -0.452 e. The van der Waals surface area contributed by atoms with Crippen LogP contribution in [0.5, 0.6) is 0 Å². The Balaban J connectivity index is 1.19. The summed E-state index contributed by atoms with van der Waals surface area (Å²) in [5.41, 5.74) is 15.8. The van der Waals surface area contributed by atoms with Crippen LogP contribution in [0.25, 0.3) is 105 Å². The molecule has 54 heavy (non-hydrogen) atoms. The Kier molecular flexibility index (Phi) is 5.44. The Bertz CT molecular complexity index is 3440. The Hall–Kier alpha value is -7.04. The standard InChI is InChI=1S/C50H29N3O/c1-2-12-29-23-33(22-21-28(29)11-1)46-49-47(36-18-8-10-20-43(36)54-49)52-50(51-46)53-42-19-9-7-17-35(42)41-27-40-38-25-31-14-4-3-13-30(31)24-37(38)39-26-32-15-5-6-16-34(32)45(44(39)40)48(41)53/h1-25,27,39H,26H2.